The number of thioether (sulfide) groups is 12. The summed E-state index contributed by atoms with van der Waals surface area (Å²) in [7, 11) is 0. The summed E-state index contributed by atoms with van der Waals surface area (Å²) in [6, 6.07) is 0. The van der Waals surface area contributed by atoms with Crippen LogP contribution in [0.15, 0.2) is 9.98 Å². The topological polar surface area (TPSA) is 165 Å². The van der Waals surface area contributed by atoms with Crippen molar-refractivity contribution < 1.29 is 34.1 Å². The summed E-state index contributed by atoms with van der Waals surface area (Å²) >= 11 is 17.4. The van der Waals surface area contributed by atoms with E-state index in [-0.39, 0.29) is 22.4 Å². The number of aliphatic imine (C=N–C) groups is 2. The smallest absolute Gasteiger partial charge is 0.280 e. The third kappa shape index (κ3) is 40.9. The Bertz CT molecular complexity index is 758. The Morgan fingerprint density at radius 3 is 1.87 bits per heavy atom. The monoisotopic (exact) mass is 890 g/mol. The van der Waals surface area contributed by atoms with Crippen LogP contribution in [0.3, 0.4) is 0 Å². The van der Waals surface area contributed by atoms with Crippen molar-refractivity contribution in [1.82, 2.24) is 10.6 Å². The molecule has 0 radical (unpaired) electrons. The molecule has 46 heavy (non-hydrogen) atoms. The molecule has 0 aliphatic rings. The molecule has 0 heterocycles. The lowest BCUT2D eigenvalue weighted by atomic mass is 11.0. The number of nitrogens with one attached hydrogen (secondary N) is 2. The van der Waals surface area contributed by atoms with Crippen LogP contribution in [0.2, 0.25) is 0 Å². The lowest BCUT2D eigenvalue weighted by molar-refractivity contribution is -0.196. The van der Waals surface area contributed by atoms with E-state index in [4.69, 9.17) is 20.0 Å². The summed E-state index contributed by atoms with van der Waals surface area (Å²) in [5.74, 6) is 8.36. The van der Waals surface area contributed by atoms with Gasteiger partial charge in [-0.15, -0.1) is 106 Å². The average molecular weight is 891 g/mol. The molecule has 0 fully saturated rings. The number of hydrogen-bond donors (Lipinski definition) is 4. The molecule has 0 bridgehead atoms. The zero-order valence-corrected chi connectivity index (χ0v) is 35.6. The van der Waals surface area contributed by atoms with Gasteiger partial charge in [0.1, 0.15) is 5.94 Å². The van der Waals surface area contributed by atoms with Crippen LogP contribution in [0.5, 0.6) is 0 Å². The highest BCUT2D eigenvalue weighted by Gasteiger charge is 2.04. The Balaban J connectivity index is 3.32. The highest BCUT2D eigenvalue weighted by Crippen LogP contribution is 2.18. The number of carbonyl (C=O) groups is 2. The average Bonchev–Trinajstić information content (AvgIpc) is 3.05. The van der Waals surface area contributed by atoms with Gasteiger partial charge in [0, 0.05) is 66.0 Å². The van der Waals surface area contributed by atoms with Gasteiger partial charge in [-0.1, -0.05) is 35.3 Å². The first-order chi connectivity index (χ1) is 22.6. The van der Waals surface area contributed by atoms with Crippen LogP contribution >= 0.6 is 141 Å². The molecule has 1 unspecified atom stereocenters. The van der Waals surface area contributed by atoms with Crippen LogP contribution in [0.1, 0.15) is 0 Å². The maximum Gasteiger partial charge on any atom is 0.280 e. The van der Waals surface area contributed by atoms with Gasteiger partial charge in [-0.05, 0) is 0 Å². The zero-order chi connectivity index (χ0) is 33.6. The van der Waals surface area contributed by atoms with Crippen molar-refractivity contribution in [2.24, 2.45) is 9.98 Å². The standard InChI is InChI=1S/C22H42N4O7S13/c27-13-40-16-42-19-45-22(30)26-11-36-3-1-34-8-23-7-32-33-15-38-5-6-39-18-44-21(29)25-10-37-4-2-35-9-24-12-46(31)20-43-17-41-14-28/h7,12,27-28H,1-6,8-11,13-20H2,(H,25,29)(H,26,30)/b23-7-,24-12-. The quantitative estimate of drug-likeness (QED) is 0.0106. The lowest BCUT2D eigenvalue weighted by Crippen LogP contribution is -2.18. The number of hydrogen-bond acceptors (Lipinski definition) is 21. The van der Waals surface area contributed by atoms with Crippen LogP contribution in [-0.4, -0.2) is 138 Å². The van der Waals surface area contributed by atoms with Crippen molar-refractivity contribution >= 4 is 175 Å². The molecular formula is C22H42N4O7S13. The molecule has 0 aromatic rings. The summed E-state index contributed by atoms with van der Waals surface area (Å²) in [6.45, 7) is 0. The number of nitrogens with zero attached hydrogens (tertiary/aromatic N) is 2. The highest BCUT2D eigenvalue weighted by molar-refractivity contribution is 8.27. The molecular weight excluding hydrogens is 849 g/mol. The second kappa shape index (κ2) is 41.9. The second-order valence-electron chi connectivity index (χ2n) is 7.17. The molecule has 0 aromatic heterocycles. The van der Waals surface area contributed by atoms with Crippen molar-refractivity contribution in [2.45, 2.75) is 0 Å². The van der Waals surface area contributed by atoms with Gasteiger partial charge in [0.25, 0.3) is 10.5 Å². The fraction of sp³-hybridized carbons (Fsp3) is 0.818. The molecule has 0 spiro atoms. The van der Waals surface area contributed by atoms with E-state index in [0.29, 0.717) is 44.7 Å². The number of carbonyl (C=O) groups excluding carboxylic acids is 2. The van der Waals surface area contributed by atoms with Crippen LogP contribution < -0.4 is 10.6 Å². The Kier molecular flexibility index (Phi) is 44.1. The molecule has 4 N–H and O–H groups in total. The van der Waals surface area contributed by atoms with Crippen LogP contribution in [0.25, 0.3) is 0 Å². The Labute approximate surface area is 327 Å². The minimum Gasteiger partial charge on any atom is -0.610 e. The predicted octanol–water partition coefficient (Wildman–Crippen LogP) is 6.43. The van der Waals surface area contributed by atoms with Crippen molar-refractivity contribution in [3.63, 3.8) is 0 Å². The van der Waals surface area contributed by atoms with Gasteiger partial charge in [0.2, 0.25) is 11.9 Å². The van der Waals surface area contributed by atoms with Gasteiger partial charge in [0.05, 0.1) is 35.4 Å². The van der Waals surface area contributed by atoms with Crippen molar-refractivity contribution in [3.05, 3.63) is 0 Å². The van der Waals surface area contributed by atoms with Crippen molar-refractivity contribution in [2.75, 3.05) is 101 Å². The molecule has 0 saturated heterocycles. The molecule has 270 valence electrons. The maximum atomic E-state index is 11.9. The highest BCUT2D eigenvalue weighted by atomic mass is 32.3. The van der Waals surface area contributed by atoms with Crippen molar-refractivity contribution in [1.29, 1.82) is 0 Å². The van der Waals surface area contributed by atoms with E-state index in [1.54, 1.807) is 82.3 Å². The first-order valence-corrected chi connectivity index (χ1v) is 27.9. The lowest BCUT2D eigenvalue weighted by Gasteiger charge is -2.05. The fourth-order valence-electron chi connectivity index (χ4n) is 2.00. The molecule has 0 saturated carbocycles. The van der Waals surface area contributed by atoms with Crippen LogP contribution in [-0.2, 0) is 21.0 Å². The minimum atomic E-state index is -1.07. The van der Waals surface area contributed by atoms with E-state index in [1.807, 2.05) is 0 Å². The summed E-state index contributed by atoms with van der Waals surface area (Å²) in [5, 5.41) is 26.5. The molecule has 11 nitrogen and oxygen atoms in total. The maximum absolute atomic E-state index is 11.9. The third-order valence-corrected chi connectivity index (χ3v) is 17.3. The Morgan fingerprint density at radius 2 is 1.22 bits per heavy atom. The molecule has 0 aliphatic heterocycles. The van der Waals surface area contributed by atoms with Crippen molar-refractivity contribution in [3.8, 4) is 0 Å². The molecule has 24 heteroatoms. The summed E-state index contributed by atoms with van der Waals surface area (Å²) in [5.41, 5.74) is 1.49. The van der Waals surface area contributed by atoms with Gasteiger partial charge < -0.3 is 30.3 Å². The van der Waals surface area contributed by atoms with Gasteiger partial charge in [-0.25, -0.2) is 9.98 Å². The van der Waals surface area contributed by atoms with E-state index < -0.39 is 11.2 Å². The SMILES string of the molecule is O=C(NCSCCSC/N=C\[S+]([O-])CSCSCO)SCSCCSCOO/C=N\CSCCSCNC(=O)SCSCSCO. The van der Waals surface area contributed by atoms with E-state index >= 15 is 0 Å². The zero-order valence-electron chi connectivity index (χ0n) is 25.0. The van der Waals surface area contributed by atoms with Gasteiger partial charge >= 0.3 is 0 Å². The molecule has 0 rings (SSSR count). The fourth-order valence-corrected chi connectivity index (χ4v) is 13.5. The summed E-state index contributed by atoms with van der Waals surface area (Å²) < 4.78 is 11.7. The van der Waals surface area contributed by atoms with E-state index in [1.165, 1.54) is 70.8 Å². The number of aliphatic hydroxyl groups is 2. The normalized spacial score (nSPS) is 12.2. The van der Waals surface area contributed by atoms with E-state index in [2.05, 4.69) is 20.6 Å². The molecule has 2 amide bonds. The summed E-state index contributed by atoms with van der Waals surface area (Å²) in [6.07, 6.45) is 1.31. The van der Waals surface area contributed by atoms with Crippen LogP contribution in [0.4, 0.5) is 9.59 Å². The van der Waals surface area contributed by atoms with Gasteiger partial charge in [-0.2, -0.15) is 4.89 Å². The first-order valence-electron chi connectivity index (χ1n) is 13.0. The largest absolute Gasteiger partial charge is 0.610 e. The number of rotatable bonds is 34. The Morgan fingerprint density at radius 1 is 0.674 bits per heavy atom. The predicted molar refractivity (Wildman–Crippen MR) is 227 cm³/mol. The van der Waals surface area contributed by atoms with Crippen LogP contribution in [0, 0.1) is 0 Å². The number of amides is 2. The Hall–Kier alpha value is 2.47. The molecule has 0 aliphatic carbocycles. The van der Waals surface area contributed by atoms with Gasteiger partial charge in [-0.3, -0.25) is 9.59 Å². The molecule has 0 aromatic carbocycles. The molecule has 1 atom stereocenters. The third-order valence-electron chi connectivity index (χ3n) is 3.86. The second-order valence-corrected chi connectivity index (χ2v) is 22.5. The van der Waals surface area contributed by atoms with E-state index in [0.717, 1.165) is 44.7 Å². The summed E-state index contributed by atoms with van der Waals surface area (Å²) in [4.78, 5) is 41.9. The number of aliphatic hydroxyl groups excluding tert-OH is 2. The minimum absolute atomic E-state index is 0.0186. The van der Waals surface area contributed by atoms with E-state index in [9.17, 15) is 14.1 Å². The van der Waals surface area contributed by atoms with Gasteiger partial charge in [0.15, 0.2) is 5.08 Å². The first kappa shape index (κ1) is 48.5.